The van der Waals surface area contributed by atoms with Gasteiger partial charge in [-0.1, -0.05) is 67.2 Å². The van der Waals surface area contributed by atoms with Gasteiger partial charge in [-0.15, -0.1) is 10.2 Å². The van der Waals surface area contributed by atoms with Crippen LogP contribution in [0.5, 0.6) is 0 Å². The molecule has 0 bridgehead atoms. The van der Waals surface area contributed by atoms with Crippen LogP contribution in [0.25, 0.3) is 22.5 Å². The Kier molecular flexibility index (Phi) is 8.93. The predicted molar refractivity (Wildman–Crippen MR) is 154 cm³/mol. The summed E-state index contributed by atoms with van der Waals surface area (Å²) in [5, 5.41) is 25.8. The van der Waals surface area contributed by atoms with Crippen molar-refractivity contribution in [1.29, 1.82) is 0 Å². The summed E-state index contributed by atoms with van der Waals surface area (Å²) in [5.74, 6) is -0.0410. The van der Waals surface area contributed by atoms with Crippen molar-refractivity contribution in [2.45, 2.75) is 58.8 Å². The highest BCUT2D eigenvalue weighted by molar-refractivity contribution is 7.99. The average Bonchev–Trinajstić information content (AvgIpc) is 3.58. The minimum atomic E-state index is -1.42. The number of aromatic amines is 1. The Bertz CT molecular complexity index is 1500. The fourth-order valence-electron chi connectivity index (χ4n) is 4.05. The van der Waals surface area contributed by atoms with Crippen LogP contribution in [0.1, 0.15) is 63.3 Å². The monoisotopic (exact) mass is 578 g/mol. The lowest BCUT2D eigenvalue weighted by Crippen LogP contribution is -2.26. The number of hydrogen-bond acceptors (Lipinski definition) is 10. The number of benzene rings is 2. The number of H-pyrrole nitrogens is 1. The number of esters is 2. The van der Waals surface area contributed by atoms with Crippen molar-refractivity contribution >= 4 is 23.7 Å². The molecule has 0 amide bonds. The van der Waals surface area contributed by atoms with Gasteiger partial charge in [-0.25, -0.2) is 9.78 Å². The second kappa shape index (κ2) is 12.2. The van der Waals surface area contributed by atoms with E-state index in [0.717, 1.165) is 22.3 Å². The second-order valence-electron chi connectivity index (χ2n) is 10.9. The lowest BCUT2D eigenvalue weighted by molar-refractivity contribution is -0.161. The van der Waals surface area contributed by atoms with E-state index in [2.05, 4.69) is 25.6 Å². The van der Waals surface area contributed by atoms with E-state index in [1.807, 2.05) is 55.5 Å². The molecule has 12 heteroatoms. The summed E-state index contributed by atoms with van der Waals surface area (Å²) < 4.78 is 12.2. The number of tetrazole rings is 1. The summed E-state index contributed by atoms with van der Waals surface area (Å²) in [7, 11) is 0. The third-order valence-corrected chi connectivity index (χ3v) is 6.95. The van der Waals surface area contributed by atoms with Gasteiger partial charge >= 0.3 is 11.9 Å². The normalized spacial score (nSPS) is 11.9. The molecule has 4 aromatic rings. The molecule has 0 saturated carbocycles. The molecule has 2 N–H and O–H groups in total. The van der Waals surface area contributed by atoms with Crippen LogP contribution in [0, 0.1) is 5.41 Å². The van der Waals surface area contributed by atoms with E-state index in [4.69, 9.17) is 9.47 Å². The first kappa shape index (κ1) is 29.9. The fraction of sp³-hybridized carbons (Fsp3) is 0.379. The van der Waals surface area contributed by atoms with Crippen LogP contribution < -0.4 is 0 Å². The number of imidazole rings is 1. The first-order valence-corrected chi connectivity index (χ1v) is 14.1. The standard InChI is InChI=1S/C29H34N6O5S/c1-7-41-27-30-23(29(5,6)38)22(25(36)39-17-40-26(37)28(2,3)4)35(27)16-18-12-14-19(15-13-18)20-10-8-9-11-21(20)24-31-33-34-32-24/h8-15,38H,7,16-17H2,1-6H3,(H,31,32,33,34). The second-order valence-corrected chi connectivity index (χ2v) is 12.1. The largest absolute Gasteiger partial charge is 0.427 e. The van der Waals surface area contributed by atoms with Crippen LogP contribution in [0.15, 0.2) is 53.7 Å². The number of hydrogen-bond donors (Lipinski definition) is 2. The molecule has 0 fully saturated rings. The minimum Gasteiger partial charge on any atom is -0.427 e. The first-order valence-electron chi connectivity index (χ1n) is 13.1. The van der Waals surface area contributed by atoms with E-state index in [1.54, 1.807) is 39.2 Å². The van der Waals surface area contributed by atoms with Gasteiger partial charge in [0, 0.05) is 5.56 Å². The maximum atomic E-state index is 13.3. The number of carbonyl (C=O) groups excluding carboxylic acids is 2. The fourth-order valence-corrected chi connectivity index (χ4v) is 4.78. The molecule has 4 rings (SSSR count). The quantitative estimate of drug-likeness (QED) is 0.153. The van der Waals surface area contributed by atoms with Gasteiger partial charge in [-0.2, -0.15) is 5.21 Å². The Morgan fingerprint density at radius 2 is 1.68 bits per heavy atom. The maximum Gasteiger partial charge on any atom is 0.359 e. The molecule has 216 valence electrons. The van der Waals surface area contributed by atoms with Gasteiger partial charge in [0.15, 0.2) is 10.9 Å². The number of nitrogens with zero attached hydrogens (tertiary/aromatic N) is 5. The van der Waals surface area contributed by atoms with Crippen molar-refractivity contribution in [3.63, 3.8) is 0 Å². The van der Waals surface area contributed by atoms with Gasteiger partial charge in [0.25, 0.3) is 0 Å². The molecule has 0 aliphatic rings. The molecule has 0 unspecified atom stereocenters. The number of aliphatic hydroxyl groups is 1. The van der Waals surface area contributed by atoms with Gasteiger partial charge in [-0.05, 0) is 62.3 Å². The van der Waals surface area contributed by atoms with E-state index in [-0.39, 0.29) is 11.4 Å². The van der Waals surface area contributed by atoms with Crippen molar-refractivity contribution in [2.75, 3.05) is 12.5 Å². The smallest absolute Gasteiger partial charge is 0.359 e. The molecular weight excluding hydrogens is 544 g/mol. The molecule has 0 aliphatic carbocycles. The van der Waals surface area contributed by atoms with Crippen LogP contribution in [0.2, 0.25) is 0 Å². The Morgan fingerprint density at radius 3 is 2.27 bits per heavy atom. The lowest BCUT2D eigenvalue weighted by Gasteiger charge is -2.19. The van der Waals surface area contributed by atoms with Crippen LogP contribution >= 0.6 is 11.8 Å². The van der Waals surface area contributed by atoms with Gasteiger partial charge in [-0.3, -0.25) is 4.79 Å². The third kappa shape index (κ3) is 7.01. The molecular formula is C29H34N6O5S. The highest BCUT2D eigenvalue weighted by Crippen LogP contribution is 2.32. The molecule has 41 heavy (non-hydrogen) atoms. The van der Waals surface area contributed by atoms with E-state index in [9.17, 15) is 14.7 Å². The number of aromatic nitrogens is 6. The number of carbonyl (C=O) groups is 2. The van der Waals surface area contributed by atoms with Crippen molar-refractivity contribution in [2.24, 2.45) is 5.41 Å². The number of rotatable bonds is 10. The lowest BCUT2D eigenvalue weighted by atomic mass is 9.98. The number of ether oxygens (including phenoxy) is 2. The highest BCUT2D eigenvalue weighted by Gasteiger charge is 2.33. The summed E-state index contributed by atoms with van der Waals surface area (Å²) in [4.78, 5) is 30.1. The Morgan fingerprint density at radius 1 is 1.00 bits per heavy atom. The Labute approximate surface area is 242 Å². The van der Waals surface area contributed by atoms with Gasteiger partial charge in [0.1, 0.15) is 11.3 Å². The summed E-state index contributed by atoms with van der Waals surface area (Å²) in [6.07, 6.45) is 0. The van der Waals surface area contributed by atoms with Crippen LogP contribution in [-0.4, -0.2) is 59.8 Å². The zero-order valence-corrected chi connectivity index (χ0v) is 24.8. The molecule has 0 atom stereocenters. The summed E-state index contributed by atoms with van der Waals surface area (Å²) in [5.41, 5.74) is 1.78. The van der Waals surface area contributed by atoms with Crippen LogP contribution in [-0.2, 0) is 26.4 Å². The van der Waals surface area contributed by atoms with Gasteiger partial charge < -0.3 is 19.1 Å². The molecule has 2 aromatic heterocycles. The van der Waals surface area contributed by atoms with Gasteiger partial charge in [0.2, 0.25) is 12.6 Å². The average molecular weight is 579 g/mol. The van der Waals surface area contributed by atoms with E-state index >= 15 is 0 Å². The molecule has 11 nitrogen and oxygen atoms in total. The van der Waals surface area contributed by atoms with E-state index in [0.29, 0.717) is 23.3 Å². The van der Waals surface area contributed by atoms with Crippen molar-refractivity contribution < 1.29 is 24.2 Å². The molecule has 0 aliphatic heterocycles. The molecule has 0 radical (unpaired) electrons. The van der Waals surface area contributed by atoms with Crippen molar-refractivity contribution in [1.82, 2.24) is 30.2 Å². The van der Waals surface area contributed by atoms with Crippen LogP contribution in [0.4, 0.5) is 0 Å². The predicted octanol–water partition coefficient (Wildman–Crippen LogP) is 4.82. The number of nitrogens with one attached hydrogen (secondary N) is 1. The summed E-state index contributed by atoms with van der Waals surface area (Å²) in [6.45, 7) is 9.98. The molecule has 0 spiro atoms. The topological polar surface area (TPSA) is 145 Å². The highest BCUT2D eigenvalue weighted by atomic mass is 32.2. The van der Waals surface area contributed by atoms with Crippen molar-refractivity contribution in [3.05, 3.63) is 65.5 Å². The zero-order valence-electron chi connectivity index (χ0n) is 24.0. The Balaban J connectivity index is 1.65. The summed E-state index contributed by atoms with van der Waals surface area (Å²) >= 11 is 1.45. The SMILES string of the molecule is CCSc1nc(C(C)(C)O)c(C(=O)OCOC(=O)C(C)(C)C)n1Cc1ccc(-c2ccccc2-c2nn[nH]n2)cc1. The van der Waals surface area contributed by atoms with E-state index in [1.165, 1.54) is 11.8 Å². The summed E-state index contributed by atoms with van der Waals surface area (Å²) in [6, 6.07) is 15.7. The van der Waals surface area contributed by atoms with Crippen molar-refractivity contribution in [3.8, 4) is 22.5 Å². The van der Waals surface area contributed by atoms with Crippen LogP contribution in [0.3, 0.4) is 0 Å². The maximum absolute atomic E-state index is 13.3. The first-order chi connectivity index (χ1) is 19.4. The Hall–Kier alpha value is -4.03. The van der Waals surface area contributed by atoms with E-state index < -0.39 is 29.7 Å². The molecule has 2 aromatic carbocycles. The van der Waals surface area contributed by atoms with Gasteiger partial charge in [0.05, 0.1) is 12.0 Å². The molecule has 2 heterocycles. The minimum absolute atomic E-state index is 0.104. The molecule has 0 saturated heterocycles. The third-order valence-electron chi connectivity index (χ3n) is 6.09. The zero-order chi connectivity index (χ0) is 29.8. The number of thioether (sulfide) groups is 1.